The first-order valence-corrected chi connectivity index (χ1v) is 6.08. The Bertz CT molecular complexity index is 381. The Hall–Kier alpha value is -1.85. The number of nitrogens with one attached hydrogen (secondary N) is 1. The van der Waals surface area contributed by atoms with Crippen LogP contribution in [0.1, 0.15) is 19.8 Å². The van der Waals surface area contributed by atoms with Crippen LogP contribution in [0, 0.1) is 0 Å². The van der Waals surface area contributed by atoms with Crippen molar-refractivity contribution in [2.45, 2.75) is 19.8 Å². The Labute approximate surface area is 108 Å². The molecule has 0 aromatic carbocycles. The molecule has 0 aliphatic carbocycles. The Balaban J connectivity index is 2.72. The molecule has 6 nitrogen and oxygen atoms in total. The Morgan fingerprint density at radius 1 is 1.33 bits per heavy atom. The third kappa shape index (κ3) is 4.57. The third-order valence-corrected chi connectivity index (χ3v) is 2.12. The van der Waals surface area contributed by atoms with E-state index in [0.717, 1.165) is 19.4 Å². The van der Waals surface area contributed by atoms with Crippen LogP contribution in [0.5, 0.6) is 6.01 Å². The van der Waals surface area contributed by atoms with Crippen LogP contribution in [-0.4, -0.2) is 42.2 Å². The lowest BCUT2D eigenvalue weighted by Gasteiger charge is -2.13. The Kier molecular flexibility index (Phi) is 5.90. The van der Waals surface area contributed by atoms with Crippen molar-refractivity contribution >= 4 is 11.9 Å². The van der Waals surface area contributed by atoms with Crippen LogP contribution in [0.4, 0.5) is 11.9 Å². The van der Waals surface area contributed by atoms with Crippen molar-refractivity contribution in [3.8, 4) is 6.01 Å². The van der Waals surface area contributed by atoms with Gasteiger partial charge in [0.1, 0.15) is 0 Å². The fraction of sp³-hybridized carbons (Fsp3) is 0.583. The van der Waals surface area contributed by atoms with E-state index < -0.39 is 0 Å². The van der Waals surface area contributed by atoms with Crippen LogP contribution >= 0.6 is 0 Å². The van der Waals surface area contributed by atoms with Crippen molar-refractivity contribution in [2.75, 3.05) is 37.5 Å². The molecule has 0 aliphatic rings. The molecule has 0 saturated carbocycles. The standard InChI is InChI=1S/C12H21N5O/c1-5-7-8-9-18-12-15-10(13-6-2)14-11(16-12)17(3)4/h5H,1,6-9H2,2-4H3,(H,13,14,15,16). The molecule has 1 rings (SSSR count). The fourth-order valence-electron chi connectivity index (χ4n) is 1.24. The molecule has 18 heavy (non-hydrogen) atoms. The van der Waals surface area contributed by atoms with Crippen LogP contribution in [-0.2, 0) is 0 Å². The van der Waals surface area contributed by atoms with Gasteiger partial charge in [0.15, 0.2) is 0 Å². The number of aromatic nitrogens is 3. The second kappa shape index (κ2) is 7.47. The molecule has 6 heteroatoms. The Morgan fingerprint density at radius 3 is 2.72 bits per heavy atom. The van der Waals surface area contributed by atoms with Crippen molar-refractivity contribution in [1.82, 2.24) is 15.0 Å². The van der Waals surface area contributed by atoms with Gasteiger partial charge in [-0.1, -0.05) is 6.08 Å². The molecule has 1 heterocycles. The summed E-state index contributed by atoms with van der Waals surface area (Å²) in [5.41, 5.74) is 0. The van der Waals surface area contributed by atoms with Gasteiger partial charge in [0.2, 0.25) is 11.9 Å². The maximum atomic E-state index is 5.51. The van der Waals surface area contributed by atoms with Crippen LogP contribution in [0.3, 0.4) is 0 Å². The predicted molar refractivity (Wildman–Crippen MR) is 73.2 cm³/mol. The maximum absolute atomic E-state index is 5.51. The van der Waals surface area contributed by atoms with Crippen molar-refractivity contribution < 1.29 is 4.74 Å². The van der Waals surface area contributed by atoms with Gasteiger partial charge in [0.25, 0.3) is 0 Å². The predicted octanol–water partition coefficient (Wildman–Crippen LogP) is 1.71. The van der Waals surface area contributed by atoms with E-state index in [1.54, 1.807) is 0 Å². The van der Waals surface area contributed by atoms with E-state index in [2.05, 4.69) is 26.8 Å². The van der Waals surface area contributed by atoms with E-state index in [9.17, 15) is 0 Å². The van der Waals surface area contributed by atoms with E-state index in [-0.39, 0.29) is 0 Å². The minimum absolute atomic E-state index is 0.355. The molecular formula is C12H21N5O. The molecular weight excluding hydrogens is 230 g/mol. The molecule has 0 radical (unpaired) electrons. The number of allylic oxidation sites excluding steroid dienone is 1. The quantitative estimate of drug-likeness (QED) is 0.560. The monoisotopic (exact) mass is 251 g/mol. The molecule has 0 saturated heterocycles. The van der Waals surface area contributed by atoms with Crippen LogP contribution < -0.4 is 15.0 Å². The summed E-state index contributed by atoms with van der Waals surface area (Å²) in [5.74, 6) is 1.12. The second-order valence-corrected chi connectivity index (χ2v) is 3.95. The molecule has 1 aromatic heterocycles. The highest BCUT2D eigenvalue weighted by Crippen LogP contribution is 2.13. The van der Waals surface area contributed by atoms with Crippen LogP contribution in [0.15, 0.2) is 12.7 Å². The molecule has 1 aromatic rings. The van der Waals surface area contributed by atoms with Gasteiger partial charge in [0, 0.05) is 20.6 Å². The highest BCUT2D eigenvalue weighted by Gasteiger charge is 2.08. The SMILES string of the molecule is C=CCCCOc1nc(NCC)nc(N(C)C)n1. The highest BCUT2D eigenvalue weighted by molar-refractivity contribution is 5.36. The molecule has 1 N–H and O–H groups in total. The van der Waals surface area contributed by atoms with Gasteiger partial charge >= 0.3 is 6.01 Å². The molecule has 0 fully saturated rings. The fourth-order valence-corrected chi connectivity index (χ4v) is 1.24. The summed E-state index contributed by atoms with van der Waals surface area (Å²) in [6.07, 6.45) is 3.70. The zero-order chi connectivity index (χ0) is 13.4. The first-order chi connectivity index (χ1) is 8.67. The molecule has 0 spiro atoms. The van der Waals surface area contributed by atoms with Crippen LogP contribution in [0.25, 0.3) is 0 Å². The van der Waals surface area contributed by atoms with Crippen molar-refractivity contribution in [1.29, 1.82) is 0 Å². The summed E-state index contributed by atoms with van der Waals surface area (Å²) < 4.78 is 5.51. The highest BCUT2D eigenvalue weighted by atomic mass is 16.5. The number of hydrogen-bond donors (Lipinski definition) is 1. The van der Waals surface area contributed by atoms with E-state index in [4.69, 9.17) is 4.74 Å². The lowest BCUT2D eigenvalue weighted by atomic mass is 10.3. The topological polar surface area (TPSA) is 63.2 Å². The van der Waals surface area contributed by atoms with Gasteiger partial charge in [-0.25, -0.2) is 0 Å². The lowest BCUT2D eigenvalue weighted by molar-refractivity contribution is 0.287. The van der Waals surface area contributed by atoms with Gasteiger partial charge in [-0.15, -0.1) is 6.58 Å². The second-order valence-electron chi connectivity index (χ2n) is 3.95. The van der Waals surface area contributed by atoms with Crippen LogP contribution in [0.2, 0.25) is 0 Å². The smallest absolute Gasteiger partial charge is 0.323 e. The summed E-state index contributed by atoms with van der Waals surface area (Å²) in [6, 6.07) is 0.355. The van der Waals surface area contributed by atoms with Gasteiger partial charge in [0.05, 0.1) is 6.61 Å². The van der Waals surface area contributed by atoms with Gasteiger partial charge in [-0.3, -0.25) is 0 Å². The van der Waals surface area contributed by atoms with Crippen molar-refractivity contribution in [2.24, 2.45) is 0 Å². The number of ether oxygens (including phenoxy) is 1. The molecule has 0 amide bonds. The largest absolute Gasteiger partial charge is 0.463 e. The zero-order valence-corrected chi connectivity index (χ0v) is 11.3. The molecule has 100 valence electrons. The normalized spacial score (nSPS) is 9.94. The van der Waals surface area contributed by atoms with E-state index in [0.29, 0.717) is 24.5 Å². The third-order valence-electron chi connectivity index (χ3n) is 2.12. The number of nitrogens with zero attached hydrogens (tertiary/aromatic N) is 4. The average Bonchev–Trinajstić information content (AvgIpc) is 2.35. The lowest BCUT2D eigenvalue weighted by Crippen LogP contribution is -2.16. The number of hydrogen-bond acceptors (Lipinski definition) is 6. The van der Waals surface area contributed by atoms with E-state index in [1.165, 1.54) is 0 Å². The summed E-state index contributed by atoms with van der Waals surface area (Å²) in [6.45, 7) is 6.99. The number of anilines is 2. The number of unbranched alkanes of at least 4 members (excludes halogenated alkanes) is 1. The van der Waals surface area contributed by atoms with Gasteiger partial charge in [-0.2, -0.15) is 15.0 Å². The summed E-state index contributed by atoms with van der Waals surface area (Å²) >= 11 is 0. The van der Waals surface area contributed by atoms with E-state index >= 15 is 0 Å². The summed E-state index contributed by atoms with van der Waals surface area (Å²) in [5, 5.41) is 3.06. The number of rotatable bonds is 8. The summed E-state index contributed by atoms with van der Waals surface area (Å²) in [7, 11) is 3.76. The van der Waals surface area contributed by atoms with Gasteiger partial charge in [-0.05, 0) is 19.8 Å². The Morgan fingerprint density at radius 2 is 2.11 bits per heavy atom. The van der Waals surface area contributed by atoms with E-state index in [1.807, 2.05) is 32.0 Å². The maximum Gasteiger partial charge on any atom is 0.323 e. The average molecular weight is 251 g/mol. The molecule has 0 aliphatic heterocycles. The van der Waals surface area contributed by atoms with Crippen molar-refractivity contribution in [3.05, 3.63) is 12.7 Å². The summed E-state index contributed by atoms with van der Waals surface area (Å²) in [4.78, 5) is 14.5. The molecule has 0 atom stereocenters. The van der Waals surface area contributed by atoms with Gasteiger partial charge < -0.3 is 15.0 Å². The minimum Gasteiger partial charge on any atom is -0.463 e. The zero-order valence-electron chi connectivity index (χ0n) is 11.3. The minimum atomic E-state index is 0.355. The van der Waals surface area contributed by atoms with Crippen molar-refractivity contribution in [3.63, 3.8) is 0 Å². The molecule has 0 unspecified atom stereocenters. The first-order valence-electron chi connectivity index (χ1n) is 6.08. The molecule has 0 bridgehead atoms. The first kappa shape index (κ1) is 14.2.